The third-order valence-electron chi connectivity index (χ3n) is 4.79. The van der Waals surface area contributed by atoms with Gasteiger partial charge in [0.05, 0.1) is 22.2 Å². The summed E-state index contributed by atoms with van der Waals surface area (Å²) in [6.07, 6.45) is 1.91. The van der Waals surface area contributed by atoms with E-state index >= 15 is 0 Å². The van der Waals surface area contributed by atoms with Crippen molar-refractivity contribution >= 4 is 29.0 Å². The summed E-state index contributed by atoms with van der Waals surface area (Å²) < 4.78 is 0. The van der Waals surface area contributed by atoms with Crippen molar-refractivity contribution in [2.75, 3.05) is 0 Å². The predicted octanol–water partition coefficient (Wildman–Crippen LogP) is 3.61. The number of nitrogens with zero attached hydrogens (tertiary/aromatic N) is 3. The summed E-state index contributed by atoms with van der Waals surface area (Å²) in [5.41, 5.74) is -0.157. The van der Waals surface area contributed by atoms with Crippen LogP contribution in [-0.4, -0.2) is 26.7 Å². The van der Waals surface area contributed by atoms with Crippen molar-refractivity contribution in [3.05, 3.63) is 56.0 Å². The van der Waals surface area contributed by atoms with Crippen molar-refractivity contribution in [3.8, 4) is 0 Å². The minimum Gasteiger partial charge on any atom is -0.319 e. The molecule has 0 saturated carbocycles. The van der Waals surface area contributed by atoms with Crippen LogP contribution in [0.25, 0.3) is 0 Å². The van der Waals surface area contributed by atoms with Gasteiger partial charge in [-0.1, -0.05) is 13.8 Å². The molecular weight excluding hydrogens is 380 g/mol. The number of hydrogen-bond donors (Lipinski definition) is 1. The molecule has 1 unspecified atom stereocenters. The highest BCUT2D eigenvalue weighted by Crippen LogP contribution is 2.31. The third-order valence-corrected chi connectivity index (χ3v) is 5.74. The molecule has 0 radical (unpaired) electrons. The number of thiazole rings is 1. The molecule has 1 aromatic carbocycles. The lowest BCUT2D eigenvalue weighted by molar-refractivity contribution is -0.384. The molecule has 0 aliphatic carbocycles. The van der Waals surface area contributed by atoms with Gasteiger partial charge in [-0.25, -0.2) is 9.78 Å². The summed E-state index contributed by atoms with van der Waals surface area (Å²) >= 11 is 1.53. The SMILES string of the molecule is CC(C)CCc1nc(CN2C(=O)NC(C)(c3ccc([N+](=O)[O-])cc3)C2=O)cs1. The number of benzene rings is 1. The van der Waals surface area contributed by atoms with E-state index in [1.165, 1.54) is 35.6 Å². The molecule has 1 N–H and O–H groups in total. The van der Waals surface area contributed by atoms with Gasteiger partial charge in [-0.05, 0) is 43.4 Å². The lowest BCUT2D eigenvalue weighted by Crippen LogP contribution is -2.40. The second-order valence-electron chi connectivity index (χ2n) is 7.42. The Morgan fingerprint density at radius 2 is 1.96 bits per heavy atom. The standard InChI is InChI=1S/C19H22N4O4S/c1-12(2)4-9-16-20-14(11-28-16)10-22-17(24)19(3,21-18(22)25)13-5-7-15(8-6-13)23(26)27/h5-8,11-12H,4,9-10H2,1-3H3,(H,21,25). The summed E-state index contributed by atoms with van der Waals surface area (Å²) in [6, 6.07) is 5.13. The van der Waals surface area contributed by atoms with Crippen LogP contribution in [0.2, 0.25) is 0 Å². The number of amides is 3. The van der Waals surface area contributed by atoms with Gasteiger partial charge in [-0.3, -0.25) is 19.8 Å². The highest BCUT2D eigenvalue weighted by Gasteiger charge is 2.49. The Morgan fingerprint density at radius 1 is 1.29 bits per heavy atom. The quantitative estimate of drug-likeness (QED) is 0.433. The van der Waals surface area contributed by atoms with E-state index in [1.807, 2.05) is 5.38 Å². The lowest BCUT2D eigenvalue weighted by Gasteiger charge is -2.21. The molecule has 3 amide bonds. The van der Waals surface area contributed by atoms with Crippen molar-refractivity contribution in [2.45, 2.75) is 45.7 Å². The molecule has 0 spiro atoms. The van der Waals surface area contributed by atoms with Gasteiger partial charge in [0.25, 0.3) is 11.6 Å². The van der Waals surface area contributed by atoms with Crippen LogP contribution in [0, 0.1) is 16.0 Å². The molecule has 1 aliphatic rings. The van der Waals surface area contributed by atoms with E-state index in [0.29, 0.717) is 17.2 Å². The number of nitrogens with one attached hydrogen (secondary N) is 1. The number of non-ortho nitro benzene ring substituents is 1. The fourth-order valence-electron chi connectivity index (χ4n) is 3.06. The molecule has 148 valence electrons. The number of nitro groups is 1. The third kappa shape index (κ3) is 3.89. The Bertz CT molecular complexity index is 909. The zero-order valence-electron chi connectivity index (χ0n) is 16.0. The van der Waals surface area contributed by atoms with Crippen LogP contribution in [-0.2, 0) is 23.3 Å². The first kappa shape index (κ1) is 19.9. The van der Waals surface area contributed by atoms with E-state index in [9.17, 15) is 19.7 Å². The van der Waals surface area contributed by atoms with Gasteiger partial charge < -0.3 is 5.32 Å². The highest BCUT2D eigenvalue weighted by molar-refractivity contribution is 7.09. The number of rotatable bonds is 7. The number of carbonyl (C=O) groups excluding carboxylic acids is 2. The number of aryl methyl sites for hydroxylation is 1. The van der Waals surface area contributed by atoms with Crippen molar-refractivity contribution in [3.63, 3.8) is 0 Å². The van der Waals surface area contributed by atoms with Crippen molar-refractivity contribution < 1.29 is 14.5 Å². The minimum atomic E-state index is -1.26. The normalized spacial score (nSPS) is 19.4. The van der Waals surface area contributed by atoms with Gasteiger partial charge >= 0.3 is 6.03 Å². The van der Waals surface area contributed by atoms with Gasteiger partial charge in [0.1, 0.15) is 5.54 Å². The molecule has 1 atom stereocenters. The maximum atomic E-state index is 13.0. The summed E-state index contributed by atoms with van der Waals surface area (Å²) in [5, 5.41) is 16.4. The van der Waals surface area contributed by atoms with Crippen LogP contribution in [0.15, 0.2) is 29.6 Å². The van der Waals surface area contributed by atoms with Crippen LogP contribution in [0.3, 0.4) is 0 Å². The molecule has 2 aromatic rings. The molecule has 0 bridgehead atoms. The number of aromatic nitrogens is 1. The molecule has 1 aromatic heterocycles. The Labute approximate surface area is 166 Å². The van der Waals surface area contributed by atoms with Crippen molar-refractivity contribution in [2.24, 2.45) is 5.92 Å². The van der Waals surface area contributed by atoms with Gasteiger partial charge in [0.2, 0.25) is 0 Å². The monoisotopic (exact) mass is 402 g/mol. The molecule has 1 aliphatic heterocycles. The number of urea groups is 1. The molecule has 1 saturated heterocycles. The number of nitro benzene ring substituents is 1. The minimum absolute atomic E-state index is 0.0719. The Morgan fingerprint density at radius 3 is 2.57 bits per heavy atom. The van der Waals surface area contributed by atoms with Gasteiger partial charge in [0.15, 0.2) is 0 Å². The van der Waals surface area contributed by atoms with E-state index in [-0.39, 0.29) is 12.2 Å². The first-order valence-corrected chi connectivity index (χ1v) is 9.91. The van der Waals surface area contributed by atoms with Crippen LogP contribution < -0.4 is 5.32 Å². The zero-order chi connectivity index (χ0) is 20.5. The topological polar surface area (TPSA) is 105 Å². The van der Waals surface area contributed by atoms with Crippen LogP contribution in [0.4, 0.5) is 10.5 Å². The summed E-state index contributed by atoms with van der Waals surface area (Å²) in [4.78, 5) is 41.4. The molecule has 8 nitrogen and oxygen atoms in total. The molecule has 28 heavy (non-hydrogen) atoms. The highest BCUT2D eigenvalue weighted by atomic mass is 32.1. The van der Waals surface area contributed by atoms with Crippen molar-refractivity contribution in [1.82, 2.24) is 15.2 Å². The maximum absolute atomic E-state index is 13.0. The number of carbonyl (C=O) groups is 2. The van der Waals surface area contributed by atoms with Crippen LogP contribution in [0.5, 0.6) is 0 Å². The maximum Gasteiger partial charge on any atom is 0.325 e. The van der Waals surface area contributed by atoms with Crippen LogP contribution >= 0.6 is 11.3 Å². The summed E-state index contributed by atoms with van der Waals surface area (Å²) in [6.45, 7) is 6.01. The fraction of sp³-hybridized carbons (Fsp3) is 0.421. The number of imide groups is 1. The first-order chi connectivity index (χ1) is 13.2. The second kappa shape index (κ2) is 7.67. The van der Waals surface area contributed by atoms with E-state index in [0.717, 1.165) is 22.7 Å². The molecule has 1 fully saturated rings. The Kier molecular flexibility index (Phi) is 5.46. The van der Waals surface area contributed by atoms with E-state index < -0.39 is 22.4 Å². The second-order valence-corrected chi connectivity index (χ2v) is 8.36. The molecule has 3 rings (SSSR count). The molecule has 9 heteroatoms. The molecular formula is C19H22N4O4S. The average molecular weight is 402 g/mol. The zero-order valence-corrected chi connectivity index (χ0v) is 16.8. The fourth-order valence-corrected chi connectivity index (χ4v) is 3.87. The summed E-state index contributed by atoms with van der Waals surface area (Å²) in [5.74, 6) is 0.184. The van der Waals surface area contributed by atoms with Gasteiger partial charge in [-0.2, -0.15) is 0 Å². The van der Waals surface area contributed by atoms with Gasteiger partial charge in [0, 0.05) is 17.5 Å². The van der Waals surface area contributed by atoms with E-state index in [2.05, 4.69) is 24.1 Å². The predicted molar refractivity (Wildman–Crippen MR) is 105 cm³/mol. The van der Waals surface area contributed by atoms with Gasteiger partial charge in [-0.15, -0.1) is 11.3 Å². The Hall–Kier alpha value is -2.81. The van der Waals surface area contributed by atoms with E-state index in [1.54, 1.807) is 6.92 Å². The number of hydrogen-bond acceptors (Lipinski definition) is 6. The largest absolute Gasteiger partial charge is 0.325 e. The molecule has 2 heterocycles. The summed E-state index contributed by atoms with van der Waals surface area (Å²) in [7, 11) is 0. The lowest BCUT2D eigenvalue weighted by atomic mass is 9.92. The van der Waals surface area contributed by atoms with Crippen LogP contribution in [0.1, 0.15) is 43.5 Å². The smallest absolute Gasteiger partial charge is 0.319 e. The van der Waals surface area contributed by atoms with E-state index in [4.69, 9.17) is 0 Å². The first-order valence-electron chi connectivity index (χ1n) is 9.03. The Balaban J connectivity index is 1.75. The van der Waals surface area contributed by atoms with Crippen molar-refractivity contribution in [1.29, 1.82) is 0 Å². The average Bonchev–Trinajstić information content (AvgIpc) is 3.19.